The smallest absolute Gasteiger partial charge is 0.136 e. The number of fused-ring (bicyclic) bond motifs is 1. The number of nitrogens with one attached hydrogen (secondary N) is 1. The van der Waals surface area contributed by atoms with Gasteiger partial charge in [-0.15, -0.1) is 0 Å². The fourth-order valence-electron chi connectivity index (χ4n) is 2.63. The summed E-state index contributed by atoms with van der Waals surface area (Å²) in [6, 6.07) is 10.1. The molecule has 0 saturated carbocycles. The first kappa shape index (κ1) is 14.6. The number of aromatic nitrogens is 1. The molecule has 2 heterocycles. The minimum absolute atomic E-state index is 0.398. The summed E-state index contributed by atoms with van der Waals surface area (Å²) >= 11 is 7.22. The number of benzene rings is 1. The Morgan fingerprint density at radius 1 is 1.33 bits per heavy atom. The number of anilines is 1. The Bertz CT molecular complexity index is 651. The lowest BCUT2D eigenvalue weighted by atomic mass is 10.0. The van der Waals surface area contributed by atoms with Crippen molar-refractivity contribution in [2.45, 2.75) is 12.8 Å². The number of thiocarbonyl (C=S) groups is 1. The largest absolute Gasteiger partial charge is 0.389 e. The number of hydrogen-bond donors (Lipinski definition) is 2. The van der Waals surface area contributed by atoms with E-state index in [-0.39, 0.29) is 0 Å². The third kappa shape index (κ3) is 3.47. The number of nitrogens with two attached hydrogens (primary N) is 1. The molecule has 0 bridgehead atoms. The zero-order valence-electron chi connectivity index (χ0n) is 11.8. The van der Waals surface area contributed by atoms with Crippen molar-refractivity contribution in [1.29, 1.82) is 0 Å². The molecule has 3 nitrogen and oxygen atoms in total. The lowest BCUT2D eigenvalue weighted by Gasteiger charge is -2.22. The van der Waals surface area contributed by atoms with Crippen LogP contribution in [0.5, 0.6) is 0 Å². The van der Waals surface area contributed by atoms with Crippen molar-refractivity contribution in [3.63, 3.8) is 0 Å². The van der Waals surface area contributed by atoms with E-state index in [1.54, 1.807) is 0 Å². The van der Waals surface area contributed by atoms with E-state index in [2.05, 4.69) is 5.32 Å². The predicted molar refractivity (Wildman–Crippen MR) is 96.2 cm³/mol. The molecule has 0 spiro atoms. The zero-order valence-corrected chi connectivity index (χ0v) is 13.5. The highest BCUT2D eigenvalue weighted by Gasteiger charge is 2.15. The summed E-state index contributed by atoms with van der Waals surface area (Å²) in [5, 5.41) is 4.54. The van der Waals surface area contributed by atoms with E-state index >= 15 is 0 Å². The quantitative estimate of drug-likeness (QED) is 0.846. The summed E-state index contributed by atoms with van der Waals surface area (Å²) in [5.74, 6) is 4.07. The van der Waals surface area contributed by atoms with Gasteiger partial charge in [0.05, 0.1) is 11.1 Å². The van der Waals surface area contributed by atoms with Crippen molar-refractivity contribution >= 4 is 45.7 Å². The molecule has 1 aromatic carbocycles. The highest BCUT2D eigenvalue weighted by atomic mass is 32.2. The molecular weight excluding hydrogens is 298 g/mol. The number of hydrogen-bond acceptors (Lipinski definition) is 4. The van der Waals surface area contributed by atoms with Crippen LogP contribution in [0.3, 0.4) is 0 Å². The summed E-state index contributed by atoms with van der Waals surface area (Å²) in [4.78, 5) is 5.10. The van der Waals surface area contributed by atoms with Gasteiger partial charge in [0.15, 0.2) is 0 Å². The second-order valence-electron chi connectivity index (χ2n) is 5.38. The first-order valence-electron chi connectivity index (χ1n) is 7.25. The molecule has 1 aromatic heterocycles. The Morgan fingerprint density at radius 3 is 2.86 bits per heavy atom. The van der Waals surface area contributed by atoms with Gasteiger partial charge in [0, 0.05) is 11.9 Å². The van der Waals surface area contributed by atoms with Crippen molar-refractivity contribution in [1.82, 2.24) is 4.98 Å². The fourth-order valence-corrected chi connectivity index (χ4v) is 3.99. The molecule has 5 heteroatoms. The number of para-hydroxylation sites is 1. The summed E-state index contributed by atoms with van der Waals surface area (Å²) in [5.41, 5.74) is 7.68. The van der Waals surface area contributed by atoms with Crippen molar-refractivity contribution in [3.8, 4) is 0 Å². The number of rotatable bonds is 4. The van der Waals surface area contributed by atoms with Gasteiger partial charge < -0.3 is 11.1 Å². The first-order chi connectivity index (χ1) is 10.2. The lowest BCUT2D eigenvalue weighted by molar-refractivity contribution is 0.515. The van der Waals surface area contributed by atoms with Gasteiger partial charge in [-0.1, -0.05) is 30.4 Å². The van der Waals surface area contributed by atoms with Gasteiger partial charge in [-0.05, 0) is 42.4 Å². The molecule has 3 N–H and O–H groups in total. The molecule has 0 aliphatic carbocycles. The van der Waals surface area contributed by atoms with Crippen LogP contribution in [-0.2, 0) is 0 Å². The third-order valence-electron chi connectivity index (χ3n) is 3.89. The molecule has 1 fully saturated rings. The van der Waals surface area contributed by atoms with Gasteiger partial charge in [-0.3, -0.25) is 0 Å². The first-order valence-corrected chi connectivity index (χ1v) is 8.81. The maximum atomic E-state index is 5.86. The lowest BCUT2D eigenvalue weighted by Crippen LogP contribution is -2.22. The predicted octanol–water partition coefficient (Wildman–Crippen LogP) is 3.42. The maximum absolute atomic E-state index is 5.86. The summed E-state index contributed by atoms with van der Waals surface area (Å²) in [7, 11) is 0. The SMILES string of the molecule is NC(=S)c1cc2ccccc2nc1NCC1CCSCC1. The van der Waals surface area contributed by atoms with Gasteiger partial charge in [0.1, 0.15) is 10.8 Å². The van der Waals surface area contributed by atoms with E-state index in [0.717, 1.165) is 34.7 Å². The molecule has 0 unspecified atom stereocenters. The topological polar surface area (TPSA) is 50.9 Å². The molecule has 0 amide bonds. The van der Waals surface area contributed by atoms with Crippen molar-refractivity contribution in [2.75, 3.05) is 23.4 Å². The standard InChI is InChI=1S/C16H19N3S2/c17-15(20)13-9-12-3-1-2-4-14(12)19-16(13)18-10-11-5-7-21-8-6-11/h1-4,9,11H,5-8,10H2,(H2,17,20)(H,18,19). The van der Waals surface area contributed by atoms with Crippen LogP contribution in [0.4, 0.5) is 5.82 Å². The highest BCUT2D eigenvalue weighted by molar-refractivity contribution is 7.99. The Kier molecular flexibility index (Phi) is 4.60. The molecule has 0 radical (unpaired) electrons. The fraction of sp³-hybridized carbons (Fsp3) is 0.375. The van der Waals surface area contributed by atoms with Crippen LogP contribution in [0.15, 0.2) is 30.3 Å². The summed E-state index contributed by atoms with van der Waals surface area (Å²) < 4.78 is 0. The monoisotopic (exact) mass is 317 g/mol. The summed E-state index contributed by atoms with van der Waals surface area (Å²) in [6.45, 7) is 0.946. The second kappa shape index (κ2) is 6.62. The molecule has 2 aromatic rings. The van der Waals surface area contributed by atoms with Gasteiger partial charge in [-0.25, -0.2) is 4.98 Å². The zero-order chi connectivity index (χ0) is 14.7. The van der Waals surface area contributed by atoms with Crippen LogP contribution in [0.1, 0.15) is 18.4 Å². The molecule has 0 atom stereocenters. The molecular formula is C16H19N3S2. The third-order valence-corrected chi connectivity index (χ3v) is 5.16. The van der Waals surface area contributed by atoms with Crippen molar-refractivity contribution in [3.05, 3.63) is 35.9 Å². The highest BCUT2D eigenvalue weighted by Crippen LogP contribution is 2.25. The molecule has 21 heavy (non-hydrogen) atoms. The van der Waals surface area contributed by atoms with Gasteiger partial charge in [0.2, 0.25) is 0 Å². The van der Waals surface area contributed by atoms with E-state index in [0.29, 0.717) is 4.99 Å². The van der Waals surface area contributed by atoms with E-state index < -0.39 is 0 Å². The van der Waals surface area contributed by atoms with E-state index in [1.807, 2.05) is 42.1 Å². The van der Waals surface area contributed by atoms with E-state index in [1.165, 1.54) is 24.3 Å². The van der Waals surface area contributed by atoms with Crippen LogP contribution in [0.25, 0.3) is 10.9 Å². The normalized spacial score (nSPS) is 16.0. The van der Waals surface area contributed by atoms with Crippen LogP contribution in [0, 0.1) is 5.92 Å². The molecule has 1 saturated heterocycles. The molecule has 110 valence electrons. The minimum atomic E-state index is 0.398. The van der Waals surface area contributed by atoms with Gasteiger partial charge in [0.25, 0.3) is 0 Å². The van der Waals surface area contributed by atoms with Crippen LogP contribution < -0.4 is 11.1 Å². The Balaban J connectivity index is 1.84. The number of pyridine rings is 1. The van der Waals surface area contributed by atoms with Crippen molar-refractivity contribution in [2.24, 2.45) is 11.7 Å². The minimum Gasteiger partial charge on any atom is -0.389 e. The van der Waals surface area contributed by atoms with Crippen LogP contribution >= 0.6 is 24.0 Å². The van der Waals surface area contributed by atoms with E-state index in [4.69, 9.17) is 22.9 Å². The summed E-state index contributed by atoms with van der Waals surface area (Å²) in [6.07, 6.45) is 2.54. The van der Waals surface area contributed by atoms with E-state index in [9.17, 15) is 0 Å². The number of thioether (sulfide) groups is 1. The Hall–Kier alpha value is -1.33. The maximum Gasteiger partial charge on any atom is 0.136 e. The molecule has 3 rings (SSSR count). The van der Waals surface area contributed by atoms with Crippen molar-refractivity contribution < 1.29 is 0 Å². The van der Waals surface area contributed by atoms with Gasteiger partial charge in [-0.2, -0.15) is 11.8 Å². The second-order valence-corrected chi connectivity index (χ2v) is 7.04. The van der Waals surface area contributed by atoms with Crippen LogP contribution in [0.2, 0.25) is 0 Å². The number of nitrogens with zero attached hydrogens (tertiary/aromatic N) is 1. The Labute approximate surface area is 134 Å². The average molecular weight is 317 g/mol. The molecule has 1 aliphatic rings. The molecule has 1 aliphatic heterocycles. The van der Waals surface area contributed by atoms with Gasteiger partial charge >= 0.3 is 0 Å². The Morgan fingerprint density at radius 2 is 2.10 bits per heavy atom. The average Bonchev–Trinajstić information content (AvgIpc) is 2.53. The van der Waals surface area contributed by atoms with Crippen LogP contribution in [-0.4, -0.2) is 28.0 Å².